The quantitative estimate of drug-likeness (QED) is 0.908. The van der Waals surface area contributed by atoms with Gasteiger partial charge in [0.15, 0.2) is 0 Å². The molecule has 1 aromatic heterocycles. The Balaban J connectivity index is 1.87. The van der Waals surface area contributed by atoms with Crippen molar-refractivity contribution in [3.05, 3.63) is 66.1 Å². The van der Waals surface area contributed by atoms with Gasteiger partial charge in [-0.05, 0) is 36.1 Å². The molecule has 5 heteroatoms. The maximum atomic E-state index is 9.01. The van der Waals surface area contributed by atoms with Crippen LogP contribution in [0.25, 0.3) is 0 Å². The molecule has 0 saturated carbocycles. The predicted octanol–water partition coefficient (Wildman–Crippen LogP) is 3.35. The van der Waals surface area contributed by atoms with Crippen molar-refractivity contribution in [3.8, 4) is 11.5 Å². The number of aromatic nitrogens is 1. The summed E-state index contributed by atoms with van der Waals surface area (Å²) in [5.41, 5.74) is 2.02. The fourth-order valence-electron chi connectivity index (χ4n) is 2.96. The standard InChI is InChI=1S/C20H22N2O3/c1-14-7-11-22-20(19(14)17-13-21-10-8-18(17)24-2)25-16-5-3-15(4-6-16)9-12-23/h3-8,10-11,13-14,19,23H,9,12H2,1-2H3. The number of methoxy groups -OCH3 is 1. The Morgan fingerprint density at radius 1 is 1.16 bits per heavy atom. The van der Waals surface area contributed by atoms with E-state index in [0.717, 1.165) is 22.6 Å². The second-order valence-electron chi connectivity index (χ2n) is 5.98. The van der Waals surface area contributed by atoms with Crippen molar-refractivity contribution in [3.63, 3.8) is 0 Å². The van der Waals surface area contributed by atoms with Gasteiger partial charge in [-0.15, -0.1) is 0 Å². The van der Waals surface area contributed by atoms with Crippen molar-refractivity contribution in [2.75, 3.05) is 13.7 Å². The van der Waals surface area contributed by atoms with Crippen LogP contribution in [-0.4, -0.2) is 29.7 Å². The smallest absolute Gasteiger partial charge is 0.202 e. The van der Waals surface area contributed by atoms with Gasteiger partial charge in [-0.1, -0.05) is 25.1 Å². The Bertz CT molecular complexity index is 769. The topological polar surface area (TPSA) is 63.9 Å². The summed E-state index contributed by atoms with van der Waals surface area (Å²) in [6.07, 6.45) is 7.98. The first-order valence-electron chi connectivity index (χ1n) is 8.33. The highest BCUT2D eigenvalue weighted by molar-refractivity contribution is 5.88. The number of allylic oxidation sites excluding steroid dienone is 1. The first kappa shape index (κ1) is 17.2. The van der Waals surface area contributed by atoms with Crippen molar-refractivity contribution in [1.82, 2.24) is 4.98 Å². The molecule has 2 unspecified atom stereocenters. The van der Waals surface area contributed by atoms with Crippen LogP contribution in [0.5, 0.6) is 11.5 Å². The molecule has 0 aliphatic carbocycles. The maximum absolute atomic E-state index is 9.01. The molecule has 0 spiro atoms. The second-order valence-corrected chi connectivity index (χ2v) is 5.98. The van der Waals surface area contributed by atoms with E-state index in [1.807, 2.05) is 42.6 Å². The summed E-state index contributed by atoms with van der Waals surface area (Å²) in [6, 6.07) is 9.55. The Kier molecular flexibility index (Phi) is 5.46. The molecule has 0 fully saturated rings. The molecule has 0 saturated heterocycles. The molecular formula is C20H22N2O3. The fraction of sp³-hybridized carbons (Fsp3) is 0.300. The van der Waals surface area contributed by atoms with E-state index in [2.05, 4.69) is 16.9 Å². The van der Waals surface area contributed by atoms with Crippen LogP contribution in [0.15, 0.2) is 60.0 Å². The monoisotopic (exact) mass is 338 g/mol. The van der Waals surface area contributed by atoms with Gasteiger partial charge in [0.25, 0.3) is 0 Å². The van der Waals surface area contributed by atoms with Gasteiger partial charge in [0, 0.05) is 30.8 Å². The van der Waals surface area contributed by atoms with Gasteiger partial charge in [-0.2, -0.15) is 0 Å². The average molecular weight is 338 g/mol. The first-order valence-corrected chi connectivity index (χ1v) is 8.33. The third-order valence-electron chi connectivity index (χ3n) is 4.29. The van der Waals surface area contributed by atoms with E-state index in [0.29, 0.717) is 12.3 Å². The van der Waals surface area contributed by atoms with Crippen LogP contribution in [0.3, 0.4) is 0 Å². The summed E-state index contributed by atoms with van der Waals surface area (Å²) in [6.45, 7) is 2.26. The van der Waals surface area contributed by atoms with Crippen LogP contribution in [0.4, 0.5) is 0 Å². The predicted molar refractivity (Wildman–Crippen MR) is 97.1 cm³/mol. The molecule has 0 radical (unpaired) electrons. The van der Waals surface area contributed by atoms with E-state index in [-0.39, 0.29) is 18.4 Å². The van der Waals surface area contributed by atoms with Gasteiger partial charge in [-0.3, -0.25) is 4.98 Å². The lowest BCUT2D eigenvalue weighted by atomic mass is 9.86. The number of aliphatic hydroxyl groups excluding tert-OH is 1. The van der Waals surface area contributed by atoms with Crippen LogP contribution in [0.2, 0.25) is 0 Å². The number of hydrogen-bond acceptors (Lipinski definition) is 5. The van der Waals surface area contributed by atoms with Crippen LogP contribution in [0, 0.1) is 5.92 Å². The minimum absolute atomic E-state index is 0.0641. The van der Waals surface area contributed by atoms with Crippen LogP contribution < -0.4 is 9.47 Å². The van der Waals surface area contributed by atoms with Crippen molar-refractivity contribution >= 4 is 5.90 Å². The normalized spacial score (nSPS) is 19.4. The van der Waals surface area contributed by atoms with E-state index in [4.69, 9.17) is 14.6 Å². The molecule has 3 rings (SSSR count). The third kappa shape index (κ3) is 3.88. The number of rotatable bonds is 5. The minimum atomic E-state index is -0.0641. The summed E-state index contributed by atoms with van der Waals surface area (Å²) >= 11 is 0. The molecule has 1 aliphatic rings. The molecule has 0 bridgehead atoms. The lowest BCUT2D eigenvalue weighted by Crippen LogP contribution is -2.26. The highest BCUT2D eigenvalue weighted by Crippen LogP contribution is 2.36. The van der Waals surface area contributed by atoms with E-state index >= 15 is 0 Å². The summed E-state index contributed by atoms with van der Waals surface area (Å²) in [4.78, 5) is 8.70. The van der Waals surface area contributed by atoms with Crippen molar-refractivity contribution in [2.45, 2.75) is 19.3 Å². The number of benzene rings is 1. The molecule has 2 aromatic rings. The molecule has 0 amide bonds. The lowest BCUT2D eigenvalue weighted by Gasteiger charge is -2.26. The molecular weight excluding hydrogens is 316 g/mol. The largest absolute Gasteiger partial charge is 0.496 e. The van der Waals surface area contributed by atoms with E-state index < -0.39 is 0 Å². The molecule has 25 heavy (non-hydrogen) atoms. The second kappa shape index (κ2) is 7.94. The number of hydrogen-bond donors (Lipinski definition) is 1. The zero-order valence-electron chi connectivity index (χ0n) is 14.4. The fourth-order valence-corrected chi connectivity index (χ4v) is 2.96. The van der Waals surface area contributed by atoms with Gasteiger partial charge >= 0.3 is 0 Å². The third-order valence-corrected chi connectivity index (χ3v) is 4.29. The number of aliphatic hydroxyl groups is 1. The number of ether oxygens (including phenoxy) is 2. The summed E-state index contributed by atoms with van der Waals surface area (Å²) in [5, 5.41) is 9.01. The number of nitrogens with zero attached hydrogens (tertiary/aromatic N) is 2. The molecule has 2 heterocycles. The van der Waals surface area contributed by atoms with E-state index in [9.17, 15) is 0 Å². The number of aliphatic imine (C=N–C) groups is 1. The van der Waals surface area contributed by atoms with Gasteiger partial charge in [0.1, 0.15) is 11.5 Å². The molecule has 2 atom stereocenters. The van der Waals surface area contributed by atoms with Gasteiger partial charge in [0.05, 0.1) is 13.0 Å². The van der Waals surface area contributed by atoms with E-state index in [1.54, 1.807) is 19.5 Å². The van der Waals surface area contributed by atoms with Gasteiger partial charge < -0.3 is 14.6 Å². The summed E-state index contributed by atoms with van der Waals surface area (Å²) in [7, 11) is 1.65. The van der Waals surface area contributed by atoms with Crippen molar-refractivity contribution in [2.24, 2.45) is 10.9 Å². The van der Waals surface area contributed by atoms with Gasteiger partial charge in [-0.25, -0.2) is 4.99 Å². The Labute approximate surface area is 147 Å². The molecule has 1 aromatic carbocycles. The average Bonchev–Trinajstić information content (AvgIpc) is 2.64. The molecule has 130 valence electrons. The summed E-state index contributed by atoms with van der Waals surface area (Å²) < 4.78 is 11.6. The zero-order chi connectivity index (χ0) is 17.6. The minimum Gasteiger partial charge on any atom is -0.496 e. The SMILES string of the molecule is COc1ccncc1C1C(Oc2ccc(CCO)cc2)=NC=CC1C. The highest BCUT2D eigenvalue weighted by Gasteiger charge is 2.30. The lowest BCUT2D eigenvalue weighted by molar-refractivity contribution is 0.299. The number of pyridine rings is 1. The van der Waals surface area contributed by atoms with Crippen LogP contribution >= 0.6 is 0 Å². The van der Waals surface area contributed by atoms with E-state index in [1.165, 1.54) is 0 Å². The van der Waals surface area contributed by atoms with Crippen LogP contribution in [0.1, 0.15) is 24.0 Å². The summed E-state index contributed by atoms with van der Waals surface area (Å²) in [5.74, 6) is 2.26. The molecule has 1 aliphatic heterocycles. The van der Waals surface area contributed by atoms with Crippen molar-refractivity contribution in [1.29, 1.82) is 0 Å². The molecule has 5 nitrogen and oxygen atoms in total. The first-order chi connectivity index (χ1) is 12.2. The Morgan fingerprint density at radius 3 is 2.68 bits per heavy atom. The Morgan fingerprint density at radius 2 is 1.96 bits per heavy atom. The zero-order valence-corrected chi connectivity index (χ0v) is 14.4. The highest BCUT2D eigenvalue weighted by atomic mass is 16.5. The van der Waals surface area contributed by atoms with Crippen LogP contribution in [-0.2, 0) is 6.42 Å². The molecule has 1 N–H and O–H groups in total. The van der Waals surface area contributed by atoms with Gasteiger partial charge in [0.2, 0.25) is 5.90 Å². The Hall–Kier alpha value is -2.66. The maximum Gasteiger partial charge on any atom is 0.202 e. The van der Waals surface area contributed by atoms with Crippen molar-refractivity contribution < 1.29 is 14.6 Å².